The van der Waals surface area contributed by atoms with Crippen molar-refractivity contribution in [2.75, 3.05) is 10.2 Å². The minimum atomic E-state index is -0.285. The normalized spacial score (nSPS) is 14.2. The average Bonchev–Trinajstić information content (AvgIpc) is 2.88. The number of carbonyl (C=O) groups is 3. The smallest absolute Gasteiger partial charge is 0.255 e. The first kappa shape index (κ1) is 15.7. The molecular weight excluding hydrogens is 407 g/mol. The predicted octanol–water partition coefficient (Wildman–Crippen LogP) is 3.20. The van der Waals surface area contributed by atoms with Crippen LogP contribution in [0.25, 0.3) is 0 Å². The molecule has 1 N–H and O–H groups in total. The molecule has 0 aromatic heterocycles. The molecule has 1 fully saturated rings. The summed E-state index contributed by atoms with van der Waals surface area (Å²) in [5.74, 6) is -0.748. The Morgan fingerprint density at radius 1 is 1.00 bits per heavy atom. The Labute approximate surface area is 146 Å². The minimum Gasteiger partial charge on any atom is -0.322 e. The quantitative estimate of drug-likeness (QED) is 0.613. The summed E-state index contributed by atoms with van der Waals surface area (Å²) in [5, 5.41) is 2.80. The summed E-state index contributed by atoms with van der Waals surface area (Å²) in [4.78, 5) is 37.1. The molecule has 0 spiro atoms. The molecule has 0 unspecified atom stereocenters. The second-order valence-corrected chi connectivity index (χ2v) is 6.38. The number of nitrogens with zero attached hydrogens (tertiary/aromatic N) is 1. The van der Waals surface area contributed by atoms with E-state index in [1.54, 1.807) is 24.3 Å². The summed E-state index contributed by atoms with van der Waals surface area (Å²) in [6, 6.07) is 14.0. The van der Waals surface area contributed by atoms with Gasteiger partial charge in [0, 0.05) is 27.7 Å². The number of rotatable bonds is 3. The van der Waals surface area contributed by atoms with E-state index >= 15 is 0 Å². The Hall–Kier alpha value is -2.22. The molecule has 2 aromatic rings. The highest BCUT2D eigenvalue weighted by Gasteiger charge is 2.30. The lowest BCUT2D eigenvalue weighted by molar-refractivity contribution is -0.121. The lowest BCUT2D eigenvalue weighted by Crippen LogP contribution is -2.28. The number of benzene rings is 2. The van der Waals surface area contributed by atoms with Crippen molar-refractivity contribution in [2.24, 2.45) is 0 Å². The molecule has 1 aliphatic rings. The van der Waals surface area contributed by atoms with Crippen LogP contribution in [0.15, 0.2) is 48.5 Å². The van der Waals surface area contributed by atoms with E-state index in [2.05, 4.69) is 27.9 Å². The van der Waals surface area contributed by atoms with E-state index in [0.717, 1.165) is 8.47 Å². The summed E-state index contributed by atoms with van der Waals surface area (Å²) < 4.78 is 1.08. The number of nitrogens with one attached hydrogen (secondary N) is 1. The number of anilines is 2. The van der Waals surface area contributed by atoms with E-state index in [-0.39, 0.29) is 30.6 Å². The average molecular weight is 420 g/mol. The predicted molar refractivity (Wildman–Crippen MR) is 95.3 cm³/mol. The van der Waals surface area contributed by atoms with E-state index in [4.69, 9.17) is 0 Å². The fourth-order valence-electron chi connectivity index (χ4n) is 2.39. The first-order valence-electron chi connectivity index (χ1n) is 7.07. The van der Waals surface area contributed by atoms with Gasteiger partial charge in [-0.2, -0.15) is 0 Å². The lowest BCUT2D eigenvalue weighted by atomic mass is 10.1. The Morgan fingerprint density at radius 2 is 1.65 bits per heavy atom. The van der Waals surface area contributed by atoms with E-state index < -0.39 is 0 Å². The Kier molecular flexibility index (Phi) is 4.42. The second-order valence-electron chi connectivity index (χ2n) is 5.13. The Bertz CT molecular complexity index is 771. The Morgan fingerprint density at radius 3 is 2.30 bits per heavy atom. The van der Waals surface area contributed by atoms with Gasteiger partial charge in [-0.05, 0) is 65.1 Å². The molecule has 1 heterocycles. The molecule has 2 aromatic carbocycles. The molecule has 0 aliphatic carbocycles. The summed E-state index contributed by atoms with van der Waals surface area (Å²) in [6.07, 6.45) is 0.440. The maximum absolute atomic E-state index is 12.3. The molecule has 1 saturated heterocycles. The maximum Gasteiger partial charge on any atom is 0.255 e. The van der Waals surface area contributed by atoms with Gasteiger partial charge in [-0.25, -0.2) is 0 Å². The molecule has 116 valence electrons. The van der Waals surface area contributed by atoms with Gasteiger partial charge >= 0.3 is 0 Å². The zero-order valence-corrected chi connectivity index (χ0v) is 14.2. The van der Waals surface area contributed by atoms with Crippen LogP contribution >= 0.6 is 22.6 Å². The highest BCUT2D eigenvalue weighted by Crippen LogP contribution is 2.23. The monoisotopic (exact) mass is 420 g/mol. The molecule has 3 rings (SSSR count). The topological polar surface area (TPSA) is 66.5 Å². The molecule has 0 bridgehead atoms. The van der Waals surface area contributed by atoms with Gasteiger partial charge in [0.2, 0.25) is 11.8 Å². The fourth-order valence-corrected chi connectivity index (χ4v) is 2.75. The molecule has 1 aliphatic heterocycles. The number of halogens is 1. The third kappa shape index (κ3) is 3.42. The van der Waals surface area contributed by atoms with Crippen LogP contribution in [0.1, 0.15) is 23.2 Å². The van der Waals surface area contributed by atoms with E-state index in [1.807, 2.05) is 24.3 Å². The van der Waals surface area contributed by atoms with Crippen LogP contribution in [0.2, 0.25) is 0 Å². The van der Waals surface area contributed by atoms with Gasteiger partial charge in [-0.1, -0.05) is 6.07 Å². The first-order valence-corrected chi connectivity index (χ1v) is 8.15. The molecular formula is C17H13IN2O3. The standard InChI is InChI=1S/C17H13IN2O3/c18-12-4-6-13(7-5-12)19-17(23)11-2-1-3-14(10-11)20-15(21)8-9-16(20)22/h1-7,10H,8-9H2,(H,19,23). The largest absolute Gasteiger partial charge is 0.322 e. The molecule has 0 saturated carbocycles. The summed E-state index contributed by atoms with van der Waals surface area (Å²) in [7, 11) is 0. The van der Waals surface area contributed by atoms with Gasteiger partial charge in [0.25, 0.3) is 5.91 Å². The summed E-state index contributed by atoms with van der Waals surface area (Å²) in [6.45, 7) is 0. The van der Waals surface area contributed by atoms with Gasteiger partial charge in [-0.15, -0.1) is 0 Å². The third-order valence-corrected chi connectivity index (χ3v) is 4.24. The van der Waals surface area contributed by atoms with Crippen molar-refractivity contribution in [2.45, 2.75) is 12.8 Å². The van der Waals surface area contributed by atoms with Crippen LogP contribution < -0.4 is 10.2 Å². The highest BCUT2D eigenvalue weighted by atomic mass is 127. The first-order chi connectivity index (χ1) is 11.0. The van der Waals surface area contributed by atoms with E-state index in [0.29, 0.717) is 16.9 Å². The molecule has 3 amide bonds. The second kappa shape index (κ2) is 6.49. The lowest BCUT2D eigenvalue weighted by Gasteiger charge is -2.14. The van der Waals surface area contributed by atoms with Gasteiger partial charge in [0.1, 0.15) is 0 Å². The number of amides is 3. The van der Waals surface area contributed by atoms with Gasteiger partial charge in [0.05, 0.1) is 5.69 Å². The van der Waals surface area contributed by atoms with Crippen molar-refractivity contribution in [3.05, 3.63) is 57.7 Å². The molecule has 23 heavy (non-hydrogen) atoms. The fraction of sp³-hybridized carbons (Fsp3) is 0.118. The van der Waals surface area contributed by atoms with Crippen molar-refractivity contribution in [1.29, 1.82) is 0 Å². The van der Waals surface area contributed by atoms with Crippen LogP contribution in [-0.4, -0.2) is 17.7 Å². The minimum absolute atomic E-state index is 0.220. The molecule has 0 radical (unpaired) electrons. The van der Waals surface area contributed by atoms with Gasteiger partial charge in [-0.3, -0.25) is 19.3 Å². The van der Waals surface area contributed by atoms with Crippen molar-refractivity contribution in [3.63, 3.8) is 0 Å². The van der Waals surface area contributed by atoms with Gasteiger partial charge < -0.3 is 5.32 Å². The van der Waals surface area contributed by atoms with Crippen LogP contribution in [0.3, 0.4) is 0 Å². The van der Waals surface area contributed by atoms with Crippen molar-refractivity contribution >= 4 is 51.7 Å². The van der Waals surface area contributed by atoms with Crippen molar-refractivity contribution in [3.8, 4) is 0 Å². The van der Waals surface area contributed by atoms with E-state index in [1.165, 1.54) is 0 Å². The molecule has 5 nitrogen and oxygen atoms in total. The van der Waals surface area contributed by atoms with Crippen molar-refractivity contribution < 1.29 is 14.4 Å². The maximum atomic E-state index is 12.3. The molecule has 0 atom stereocenters. The SMILES string of the molecule is O=C(Nc1ccc(I)cc1)c1cccc(N2C(=O)CCC2=O)c1. The van der Waals surface area contributed by atoms with Crippen LogP contribution in [0.4, 0.5) is 11.4 Å². The molecule has 6 heteroatoms. The van der Waals surface area contributed by atoms with Gasteiger partial charge in [0.15, 0.2) is 0 Å². The van der Waals surface area contributed by atoms with Crippen LogP contribution in [-0.2, 0) is 9.59 Å². The zero-order valence-electron chi connectivity index (χ0n) is 12.1. The van der Waals surface area contributed by atoms with E-state index in [9.17, 15) is 14.4 Å². The zero-order chi connectivity index (χ0) is 16.4. The Balaban J connectivity index is 1.81. The highest BCUT2D eigenvalue weighted by molar-refractivity contribution is 14.1. The van der Waals surface area contributed by atoms with Crippen LogP contribution in [0, 0.1) is 3.57 Å². The summed E-state index contributed by atoms with van der Waals surface area (Å²) >= 11 is 2.19. The third-order valence-electron chi connectivity index (χ3n) is 3.52. The number of hydrogen-bond donors (Lipinski definition) is 1. The summed E-state index contributed by atoms with van der Waals surface area (Å²) in [5.41, 5.74) is 1.52. The number of carbonyl (C=O) groups excluding carboxylic acids is 3. The van der Waals surface area contributed by atoms with Crippen LogP contribution in [0.5, 0.6) is 0 Å². The number of imide groups is 1. The van der Waals surface area contributed by atoms with Crippen molar-refractivity contribution in [1.82, 2.24) is 0 Å². The number of hydrogen-bond acceptors (Lipinski definition) is 3.